The molecule has 4 heteroatoms. The van der Waals surface area contributed by atoms with Crippen molar-refractivity contribution in [3.63, 3.8) is 0 Å². The molecule has 0 aliphatic heterocycles. The number of anilines is 1. The molecule has 0 bridgehead atoms. The Balaban J connectivity index is 1.75. The van der Waals surface area contributed by atoms with Crippen molar-refractivity contribution in [1.29, 1.82) is 0 Å². The summed E-state index contributed by atoms with van der Waals surface area (Å²) in [5.74, 6) is 0. The molecule has 2 amide bonds. The first-order valence-electron chi connectivity index (χ1n) is 7.91. The van der Waals surface area contributed by atoms with E-state index >= 15 is 0 Å². The molecule has 0 heterocycles. The van der Waals surface area contributed by atoms with Crippen LogP contribution in [0.15, 0.2) is 42.5 Å². The lowest BCUT2D eigenvalue weighted by atomic mass is 10.1. The fourth-order valence-corrected chi connectivity index (χ4v) is 2.23. The lowest BCUT2D eigenvalue weighted by Gasteiger charge is -2.10. The summed E-state index contributed by atoms with van der Waals surface area (Å²) in [6, 6.07) is 13.7. The van der Waals surface area contributed by atoms with Gasteiger partial charge < -0.3 is 15.4 Å². The maximum absolute atomic E-state index is 11.9. The molecule has 2 N–H and O–H groups in total. The number of amides is 2. The first-order chi connectivity index (χ1) is 10.8. The van der Waals surface area contributed by atoms with Crippen molar-refractivity contribution in [2.75, 3.05) is 25.1 Å². The van der Waals surface area contributed by atoms with Gasteiger partial charge >= 0.3 is 6.03 Å². The van der Waals surface area contributed by atoms with Gasteiger partial charge in [0, 0.05) is 25.1 Å². The van der Waals surface area contributed by atoms with E-state index < -0.39 is 0 Å². The third kappa shape index (κ3) is 5.04. The molecule has 0 unspecified atom stereocenters. The van der Waals surface area contributed by atoms with Gasteiger partial charge in [-0.05, 0) is 24.3 Å². The first kappa shape index (κ1) is 16.3. The van der Waals surface area contributed by atoms with Gasteiger partial charge in [0.15, 0.2) is 0 Å². The van der Waals surface area contributed by atoms with Crippen LogP contribution in [0.5, 0.6) is 0 Å². The summed E-state index contributed by atoms with van der Waals surface area (Å²) in [5.41, 5.74) is 0.829. The van der Waals surface area contributed by atoms with E-state index in [4.69, 9.17) is 4.74 Å². The summed E-state index contributed by atoms with van der Waals surface area (Å²) in [5, 5.41) is 7.92. The predicted octanol–water partition coefficient (Wildman–Crippen LogP) is 4.17. The highest BCUT2D eigenvalue weighted by Crippen LogP contribution is 2.22. The minimum absolute atomic E-state index is 0.176. The number of unbranched alkanes of at least 4 members (excludes halogenated alkanes) is 1. The van der Waals surface area contributed by atoms with Crippen LogP contribution in [0.1, 0.15) is 26.2 Å². The Hall–Kier alpha value is -2.07. The third-order valence-corrected chi connectivity index (χ3v) is 3.43. The van der Waals surface area contributed by atoms with Crippen LogP contribution in [0.4, 0.5) is 10.5 Å². The molecule has 0 radical (unpaired) electrons. The monoisotopic (exact) mass is 300 g/mol. The zero-order chi connectivity index (χ0) is 15.6. The number of carbonyl (C=O) groups is 1. The number of benzene rings is 2. The van der Waals surface area contributed by atoms with Gasteiger partial charge in [0.1, 0.15) is 0 Å². The Morgan fingerprint density at radius 3 is 2.68 bits per heavy atom. The molecule has 0 fully saturated rings. The highest BCUT2D eigenvalue weighted by atomic mass is 16.5. The SMILES string of the molecule is CCCCOCCCNC(=O)Nc1cccc2ccccc12. The van der Waals surface area contributed by atoms with Crippen LogP contribution < -0.4 is 10.6 Å². The molecule has 2 aromatic carbocycles. The number of rotatable bonds is 8. The van der Waals surface area contributed by atoms with Gasteiger partial charge in [0.05, 0.1) is 5.69 Å². The highest BCUT2D eigenvalue weighted by Gasteiger charge is 2.04. The Bertz CT molecular complexity index is 593. The molecule has 0 aliphatic carbocycles. The lowest BCUT2D eigenvalue weighted by Crippen LogP contribution is -2.30. The van der Waals surface area contributed by atoms with Crippen molar-refractivity contribution in [1.82, 2.24) is 5.32 Å². The van der Waals surface area contributed by atoms with Crippen molar-refractivity contribution < 1.29 is 9.53 Å². The summed E-state index contributed by atoms with van der Waals surface area (Å²) in [4.78, 5) is 11.9. The molecule has 118 valence electrons. The highest BCUT2D eigenvalue weighted by molar-refractivity contribution is 6.01. The standard InChI is InChI=1S/C18H24N2O2/c1-2-3-13-22-14-7-12-19-18(21)20-17-11-6-9-15-8-4-5-10-16(15)17/h4-6,8-11H,2-3,7,12-14H2,1H3,(H2,19,20,21). The number of urea groups is 1. The van der Waals surface area contributed by atoms with E-state index in [1.165, 1.54) is 0 Å². The first-order valence-corrected chi connectivity index (χ1v) is 7.91. The maximum atomic E-state index is 11.9. The average molecular weight is 300 g/mol. The molecule has 2 rings (SSSR count). The molecule has 0 saturated carbocycles. The zero-order valence-electron chi connectivity index (χ0n) is 13.1. The number of carbonyl (C=O) groups excluding carboxylic acids is 1. The topological polar surface area (TPSA) is 50.4 Å². The molecule has 0 aromatic heterocycles. The van der Waals surface area contributed by atoms with Crippen LogP contribution in [0.3, 0.4) is 0 Å². The number of hydrogen-bond donors (Lipinski definition) is 2. The normalized spacial score (nSPS) is 10.6. The largest absolute Gasteiger partial charge is 0.381 e. The molecule has 0 spiro atoms. The average Bonchev–Trinajstić information content (AvgIpc) is 2.54. The molecule has 4 nitrogen and oxygen atoms in total. The van der Waals surface area contributed by atoms with Crippen molar-refractivity contribution in [3.05, 3.63) is 42.5 Å². The Morgan fingerprint density at radius 1 is 1.05 bits per heavy atom. The number of hydrogen-bond acceptors (Lipinski definition) is 2. The number of nitrogens with one attached hydrogen (secondary N) is 2. The van der Waals surface area contributed by atoms with Crippen LogP contribution in [0.2, 0.25) is 0 Å². The van der Waals surface area contributed by atoms with E-state index in [1.54, 1.807) is 0 Å². The Kier molecular flexibility index (Phi) is 6.71. The number of ether oxygens (including phenoxy) is 1. The smallest absolute Gasteiger partial charge is 0.319 e. The molecule has 22 heavy (non-hydrogen) atoms. The van der Waals surface area contributed by atoms with Crippen LogP contribution in [-0.2, 0) is 4.74 Å². The van der Waals surface area contributed by atoms with Crippen molar-refractivity contribution in [2.45, 2.75) is 26.2 Å². The van der Waals surface area contributed by atoms with E-state index in [0.29, 0.717) is 13.2 Å². The van der Waals surface area contributed by atoms with Gasteiger partial charge in [-0.3, -0.25) is 0 Å². The van der Waals surface area contributed by atoms with E-state index in [1.807, 2.05) is 42.5 Å². The Labute approximate surface area is 131 Å². The van der Waals surface area contributed by atoms with Crippen LogP contribution in [0, 0.1) is 0 Å². The second-order valence-electron chi connectivity index (χ2n) is 5.23. The zero-order valence-corrected chi connectivity index (χ0v) is 13.1. The minimum Gasteiger partial charge on any atom is -0.381 e. The van der Waals surface area contributed by atoms with Gasteiger partial charge in [-0.25, -0.2) is 4.79 Å². The quantitative estimate of drug-likeness (QED) is 0.719. The van der Waals surface area contributed by atoms with Crippen molar-refractivity contribution in [3.8, 4) is 0 Å². The lowest BCUT2D eigenvalue weighted by molar-refractivity contribution is 0.129. The number of fused-ring (bicyclic) bond motifs is 1. The van der Waals surface area contributed by atoms with Gasteiger partial charge in [-0.1, -0.05) is 49.7 Å². The molecular formula is C18H24N2O2. The van der Waals surface area contributed by atoms with Gasteiger partial charge in [-0.15, -0.1) is 0 Å². The third-order valence-electron chi connectivity index (χ3n) is 3.43. The fourth-order valence-electron chi connectivity index (χ4n) is 2.23. The predicted molar refractivity (Wildman–Crippen MR) is 91.3 cm³/mol. The summed E-state index contributed by atoms with van der Waals surface area (Å²) in [6.07, 6.45) is 3.06. The Morgan fingerprint density at radius 2 is 1.82 bits per heavy atom. The van der Waals surface area contributed by atoms with E-state index in [-0.39, 0.29) is 6.03 Å². The van der Waals surface area contributed by atoms with E-state index in [2.05, 4.69) is 17.6 Å². The second kappa shape index (κ2) is 9.05. The summed E-state index contributed by atoms with van der Waals surface area (Å²) in [7, 11) is 0. The molecule has 2 aromatic rings. The van der Waals surface area contributed by atoms with Gasteiger partial charge in [0.25, 0.3) is 0 Å². The second-order valence-corrected chi connectivity index (χ2v) is 5.23. The minimum atomic E-state index is -0.176. The molecular weight excluding hydrogens is 276 g/mol. The van der Waals surface area contributed by atoms with Crippen molar-refractivity contribution >= 4 is 22.5 Å². The van der Waals surface area contributed by atoms with Gasteiger partial charge in [-0.2, -0.15) is 0 Å². The summed E-state index contributed by atoms with van der Waals surface area (Å²) >= 11 is 0. The maximum Gasteiger partial charge on any atom is 0.319 e. The van der Waals surface area contributed by atoms with Crippen molar-refractivity contribution in [2.24, 2.45) is 0 Å². The van der Waals surface area contributed by atoms with Crippen LogP contribution in [-0.4, -0.2) is 25.8 Å². The van der Waals surface area contributed by atoms with E-state index in [9.17, 15) is 4.79 Å². The fraction of sp³-hybridized carbons (Fsp3) is 0.389. The van der Waals surface area contributed by atoms with Crippen LogP contribution in [0.25, 0.3) is 10.8 Å². The summed E-state index contributed by atoms with van der Waals surface area (Å²) in [6.45, 7) is 4.25. The molecule has 0 aliphatic rings. The molecule has 0 saturated heterocycles. The van der Waals surface area contributed by atoms with E-state index in [0.717, 1.165) is 42.3 Å². The summed E-state index contributed by atoms with van der Waals surface area (Å²) < 4.78 is 5.46. The van der Waals surface area contributed by atoms with Gasteiger partial charge in [0.2, 0.25) is 0 Å². The molecule has 0 atom stereocenters. The van der Waals surface area contributed by atoms with Crippen LogP contribution >= 0.6 is 0 Å².